The Morgan fingerprint density at radius 1 is 0.750 bits per heavy atom. The molecule has 0 aliphatic carbocycles. The van der Waals surface area contributed by atoms with Crippen molar-refractivity contribution >= 4 is 16.6 Å². The van der Waals surface area contributed by atoms with Gasteiger partial charge >= 0.3 is 0 Å². The van der Waals surface area contributed by atoms with Crippen molar-refractivity contribution in [2.24, 2.45) is 0 Å². The fourth-order valence-corrected chi connectivity index (χ4v) is 3.98. The predicted molar refractivity (Wildman–Crippen MR) is 136 cm³/mol. The molecule has 5 nitrogen and oxygen atoms in total. The van der Waals surface area contributed by atoms with Gasteiger partial charge in [0.05, 0.1) is 18.7 Å². The standard InChI is InChI=1S/C27H44N2O3/c1-4-7-10-12-13-15-20-32-26-25(31-19-14-11-8-5-2)23-17-16-22(28)21-24(23)29(27(26)30)18-9-6-3/h16-17,21H,4-15,18-20,28H2,1-3H3. The van der Waals surface area contributed by atoms with E-state index in [1.807, 2.05) is 22.8 Å². The summed E-state index contributed by atoms with van der Waals surface area (Å²) in [6.45, 7) is 8.34. The fourth-order valence-electron chi connectivity index (χ4n) is 3.98. The molecule has 0 amide bonds. The molecule has 2 aromatic rings. The Bertz CT molecular complexity index is 860. The molecule has 0 saturated carbocycles. The third-order valence-corrected chi connectivity index (χ3v) is 5.93. The number of ether oxygens (including phenoxy) is 2. The first-order chi connectivity index (χ1) is 15.6. The zero-order valence-electron chi connectivity index (χ0n) is 20.6. The minimum Gasteiger partial charge on any atom is -0.489 e. The molecular formula is C27H44N2O3. The number of pyridine rings is 1. The van der Waals surface area contributed by atoms with E-state index in [2.05, 4.69) is 20.8 Å². The van der Waals surface area contributed by atoms with Gasteiger partial charge in [-0.25, -0.2) is 0 Å². The number of fused-ring (bicyclic) bond motifs is 1. The number of nitrogens with two attached hydrogens (primary N) is 1. The third-order valence-electron chi connectivity index (χ3n) is 5.93. The van der Waals surface area contributed by atoms with E-state index in [1.54, 1.807) is 0 Å². The highest BCUT2D eigenvalue weighted by atomic mass is 16.5. The molecule has 0 saturated heterocycles. The van der Waals surface area contributed by atoms with Crippen LogP contribution in [0.25, 0.3) is 10.9 Å². The minimum atomic E-state index is -0.105. The molecule has 0 atom stereocenters. The summed E-state index contributed by atoms with van der Waals surface area (Å²) in [5.41, 5.74) is 7.45. The van der Waals surface area contributed by atoms with Crippen molar-refractivity contribution in [2.75, 3.05) is 18.9 Å². The molecule has 0 spiro atoms. The van der Waals surface area contributed by atoms with Gasteiger partial charge in [-0.2, -0.15) is 0 Å². The number of aryl methyl sites for hydroxylation is 1. The summed E-state index contributed by atoms with van der Waals surface area (Å²) in [7, 11) is 0. The largest absolute Gasteiger partial charge is 0.489 e. The highest BCUT2D eigenvalue weighted by Gasteiger charge is 2.20. The molecule has 2 rings (SSSR count). The van der Waals surface area contributed by atoms with Crippen LogP contribution in [0.5, 0.6) is 11.5 Å². The lowest BCUT2D eigenvalue weighted by Crippen LogP contribution is -2.24. The average Bonchev–Trinajstić information content (AvgIpc) is 2.79. The van der Waals surface area contributed by atoms with E-state index in [9.17, 15) is 4.79 Å². The average molecular weight is 445 g/mol. The summed E-state index contributed by atoms with van der Waals surface area (Å²) in [6, 6.07) is 5.72. The van der Waals surface area contributed by atoms with Gasteiger partial charge in [0.1, 0.15) is 0 Å². The van der Waals surface area contributed by atoms with Gasteiger partial charge in [-0.3, -0.25) is 4.79 Å². The summed E-state index contributed by atoms with van der Waals surface area (Å²) < 4.78 is 14.1. The summed E-state index contributed by atoms with van der Waals surface area (Å²) in [4.78, 5) is 13.5. The summed E-state index contributed by atoms with van der Waals surface area (Å²) in [5.74, 6) is 0.947. The number of hydrogen-bond donors (Lipinski definition) is 1. The lowest BCUT2D eigenvalue weighted by molar-refractivity contribution is 0.256. The Kier molecular flexibility index (Phi) is 12.1. The van der Waals surface area contributed by atoms with Crippen LogP contribution in [0.1, 0.15) is 97.8 Å². The van der Waals surface area contributed by atoms with Crippen LogP contribution in [0.4, 0.5) is 5.69 Å². The van der Waals surface area contributed by atoms with Gasteiger partial charge in [-0.1, -0.05) is 78.6 Å². The van der Waals surface area contributed by atoms with Gasteiger partial charge < -0.3 is 19.8 Å². The van der Waals surface area contributed by atoms with Gasteiger partial charge in [-0.05, 0) is 37.5 Å². The van der Waals surface area contributed by atoms with Crippen molar-refractivity contribution in [3.63, 3.8) is 0 Å². The normalized spacial score (nSPS) is 11.2. The zero-order valence-corrected chi connectivity index (χ0v) is 20.6. The maximum Gasteiger partial charge on any atom is 0.297 e. The molecule has 0 aliphatic rings. The van der Waals surface area contributed by atoms with Crippen LogP contribution in [0.2, 0.25) is 0 Å². The monoisotopic (exact) mass is 444 g/mol. The number of unbranched alkanes of at least 4 members (excludes halogenated alkanes) is 9. The topological polar surface area (TPSA) is 66.5 Å². The summed E-state index contributed by atoms with van der Waals surface area (Å²) in [5, 5.41) is 0.906. The SMILES string of the molecule is CCCCCCCCOc1c(OCCCCCC)c2ccc(N)cc2n(CCCC)c1=O. The van der Waals surface area contributed by atoms with Crippen molar-refractivity contribution in [1.82, 2.24) is 4.57 Å². The third kappa shape index (κ3) is 7.75. The van der Waals surface area contributed by atoms with Crippen LogP contribution in [-0.4, -0.2) is 17.8 Å². The smallest absolute Gasteiger partial charge is 0.297 e. The van der Waals surface area contributed by atoms with Crippen molar-refractivity contribution in [1.29, 1.82) is 0 Å². The Morgan fingerprint density at radius 2 is 1.31 bits per heavy atom. The number of benzene rings is 1. The molecular weight excluding hydrogens is 400 g/mol. The van der Waals surface area contributed by atoms with Crippen molar-refractivity contribution < 1.29 is 9.47 Å². The van der Waals surface area contributed by atoms with E-state index < -0.39 is 0 Å². The summed E-state index contributed by atoms with van der Waals surface area (Å²) >= 11 is 0. The number of rotatable bonds is 17. The molecule has 32 heavy (non-hydrogen) atoms. The molecule has 1 aromatic carbocycles. The fraction of sp³-hybridized carbons (Fsp3) is 0.667. The lowest BCUT2D eigenvalue weighted by atomic mass is 10.1. The van der Waals surface area contributed by atoms with Gasteiger partial charge in [0.15, 0.2) is 5.75 Å². The predicted octanol–water partition coefficient (Wildman–Crippen LogP) is 7.08. The second-order valence-electron chi connectivity index (χ2n) is 8.77. The van der Waals surface area contributed by atoms with Crippen molar-refractivity contribution in [3.05, 3.63) is 28.6 Å². The van der Waals surface area contributed by atoms with E-state index in [0.717, 1.165) is 49.4 Å². The number of aromatic nitrogens is 1. The van der Waals surface area contributed by atoms with Crippen LogP contribution in [0.15, 0.2) is 23.0 Å². The zero-order chi connectivity index (χ0) is 23.2. The maximum atomic E-state index is 13.5. The first-order valence-electron chi connectivity index (χ1n) is 12.9. The lowest BCUT2D eigenvalue weighted by Gasteiger charge is -2.19. The Labute approximate surface area is 194 Å². The molecule has 1 aromatic heterocycles. The van der Waals surface area contributed by atoms with Crippen LogP contribution in [-0.2, 0) is 6.54 Å². The summed E-state index contributed by atoms with van der Waals surface area (Å²) in [6.07, 6.45) is 13.5. The van der Waals surface area contributed by atoms with Gasteiger partial charge in [-0.15, -0.1) is 0 Å². The Hall–Kier alpha value is -2.17. The molecule has 0 bridgehead atoms. The second-order valence-corrected chi connectivity index (χ2v) is 8.77. The maximum absolute atomic E-state index is 13.5. The van der Waals surface area contributed by atoms with Gasteiger partial charge in [0.25, 0.3) is 5.56 Å². The molecule has 0 unspecified atom stereocenters. The number of anilines is 1. The highest BCUT2D eigenvalue weighted by Crippen LogP contribution is 2.34. The molecule has 0 aliphatic heterocycles. The Balaban J connectivity index is 2.29. The quantitative estimate of drug-likeness (QED) is 0.209. The van der Waals surface area contributed by atoms with E-state index in [4.69, 9.17) is 15.2 Å². The van der Waals surface area contributed by atoms with Gasteiger partial charge in [0, 0.05) is 17.6 Å². The molecule has 0 radical (unpaired) electrons. The van der Waals surface area contributed by atoms with Crippen LogP contribution < -0.4 is 20.8 Å². The number of nitrogens with zero attached hydrogens (tertiary/aromatic N) is 1. The molecule has 5 heteroatoms. The second kappa shape index (κ2) is 14.8. The van der Waals surface area contributed by atoms with E-state index >= 15 is 0 Å². The van der Waals surface area contributed by atoms with Crippen LogP contribution in [0, 0.1) is 0 Å². The first kappa shape index (κ1) is 26.1. The molecule has 2 N–H and O–H groups in total. The van der Waals surface area contributed by atoms with Crippen molar-refractivity contribution in [3.8, 4) is 11.5 Å². The van der Waals surface area contributed by atoms with Crippen molar-refractivity contribution in [2.45, 2.75) is 104 Å². The van der Waals surface area contributed by atoms with E-state index in [0.29, 0.717) is 36.9 Å². The van der Waals surface area contributed by atoms with E-state index in [-0.39, 0.29) is 5.56 Å². The Morgan fingerprint density at radius 3 is 1.97 bits per heavy atom. The van der Waals surface area contributed by atoms with E-state index in [1.165, 1.54) is 38.5 Å². The first-order valence-corrected chi connectivity index (χ1v) is 12.9. The highest BCUT2D eigenvalue weighted by molar-refractivity contribution is 5.90. The number of nitrogen functional groups attached to an aromatic ring is 1. The van der Waals surface area contributed by atoms with Crippen LogP contribution in [0.3, 0.4) is 0 Å². The molecule has 0 fully saturated rings. The minimum absolute atomic E-state index is 0.105. The number of hydrogen-bond acceptors (Lipinski definition) is 4. The van der Waals surface area contributed by atoms with Crippen LogP contribution >= 0.6 is 0 Å². The molecule has 1 heterocycles. The molecule has 180 valence electrons. The van der Waals surface area contributed by atoms with Gasteiger partial charge in [0.2, 0.25) is 5.75 Å².